The van der Waals surface area contributed by atoms with Gasteiger partial charge in [0.1, 0.15) is 23.8 Å². The van der Waals surface area contributed by atoms with E-state index in [4.69, 9.17) is 9.47 Å². The van der Waals surface area contributed by atoms with Crippen molar-refractivity contribution in [3.63, 3.8) is 0 Å². The molecule has 2 aliphatic rings. The Morgan fingerprint density at radius 1 is 1.08 bits per heavy atom. The fourth-order valence-corrected chi connectivity index (χ4v) is 5.39. The molecular weight excluding hydrogens is 486 g/mol. The van der Waals surface area contributed by atoms with Gasteiger partial charge in [0, 0.05) is 35.9 Å². The lowest BCUT2D eigenvalue weighted by molar-refractivity contribution is -0.122. The number of carbonyl (C=O) groups is 1. The molecule has 3 aromatic carbocycles. The first kappa shape index (κ1) is 24.1. The SMILES string of the molecule is CCc1cn([C@H]2C[C@H](O)[C@@H](CNC(=O)C3c4ccccc4Oc4ccc5ccccc5c43)O2)c(=O)[nH]c1=O. The first-order chi connectivity index (χ1) is 18.4. The standard InChI is InChI=1S/C29H27N3O6/c1-2-16-15-32(29(36)31-27(16)34)24-13-20(33)23(38-24)14-30-28(35)26-19-9-5-6-10-21(19)37-22-12-11-17-7-3-4-8-18(17)25(22)26/h3-12,15,20,23-24,26,33H,2,13-14H2,1H3,(H,30,35)(H,31,34,36)/t20-,23+,24+,26?/m0/s1. The van der Waals surface area contributed by atoms with Gasteiger partial charge in [-0.25, -0.2) is 4.79 Å². The molecule has 4 aromatic rings. The third kappa shape index (κ3) is 4.09. The van der Waals surface area contributed by atoms with E-state index in [2.05, 4.69) is 10.3 Å². The summed E-state index contributed by atoms with van der Waals surface area (Å²) < 4.78 is 13.4. The number of aliphatic hydroxyl groups excluding tert-OH is 1. The lowest BCUT2D eigenvalue weighted by Crippen LogP contribution is -2.40. The Morgan fingerprint density at radius 3 is 2.71 bits per heavy atom. The smallest absolute Gasteiger partial charge is 0.330 e. The number of nitrogens with zero attached hydrogens (tertiary/aromatic N) is 1. The maximum Gasteiger partial charge on any atom is 0.330 e. The summed E-state index contributed by atoms with van der Waals surface area (Å²) in [6.45, 7) is 1.87. The van der Waals surface area contributed by atoms with E-state index in [1.807, 2.05) is 67.6 Å². The molecule has 4 atom stereocenters. The number of H-pyrrole nitrogens is 1. The number of ether oxygens (including phenoxy) is 2. The van der Waals surface area contributed by atoms with E-state index >= 15 is 0 Å². The van der Waals surface area contributed by atoms with Crippen molar-refractivity contribution in [2.75, 3.05) is 6.54 Å². The van der Waals surface area contributed by atoms with Crippen molar-refractivity contribution in [3.8, 4) is 11.5 Å². The molecule has 9 heteroatoms. The monoisotopic (exact) mass is 513 g/mol. The van der Waals surface area contributed by atoms with Crippen LogP contribution in [0.4, 0.5) is 0 Å². The van der Waals surface area contributed by atoms with Crippen LogP contribution in [-0.4, -0.2) is 39.3 Å². The van der Waals surface area contributed by atoms with Gasteiger partial charge in [-0.2, -0.15) is 0 Å². The van der Waals surface area contributed by atoms with Gasteiger partial charge in [0.2, 0.25) is 5.91 Å². The van der Waals surface area contributed by atoms with Crippen LogP contribution in [0.3, 0.4) is 0 Å². The van der Waals surface area contributed by atoms with E-state index in [1.165, 1.54) is 10.8 Å². The van der Waals surface area contributed by atoms with Gasteiger partial charge >= 0.3 is 5.69 Å². The minimum absolute atomic E-state index is 0.0505. The van der Waals surface area contributed by atoms with Gasteiger partial charge in [-0.05, 0) is 29.3 Å². The van der Waals surface area contributed by atoms with E-state index in [0.29, 0.717) is 23.5 Å². The Kier molecular flexibility index (Phi) is 6.09. The summed E-state index contributed by atoms with van der Waals surface area (Å²) in [5, 5.41) is 15.6. The van der Waals surface area contributed by atoms with Crippen molar-refractivity contribution in [3.05, 3.63) is 104 Å². The maximum atomic E-state index is 13.8. The minimum Gasteiger partial charge on any atom is -0.457 e. The van der Waals surface area contributed by atoms with E-state index in [0.717, 1.165) is 21.9 Å². The van der Waals surface area contributed by atoms with Crippen molar-refractivity contribution in [2.24, 2.45) is 0 Å². The number of aromatic amines is 1. The van der Waals surface area contributed by atoms with E-state index in [-0.39, 0.29) is 18.9 Å². The van der Waals surface area contributed by atoms with Crippen molar-refractivity contribution >= 4 is 16.7 Å². The zero-order valence-corrected chi connectivity index (χ0v) is 20.7. The quantitative estimate of drug-likeness (QED) is 0.377. The van der Waals surface area contributed by atoms with Gasteiger partial charge < -0.3 is 19.9 Å². The summed E-state index contributed by atoms with van der Waals surface area (Å²) in [7, 11) is 0. The number of hydrogen-bond acceptors (Lipinski definition) is 6. The highest BCUT2D eigenvalue weighted by atomic mass is 16.5. The number of nitrogens with one attached hydrogen (secondary N) is 2. The molecule has 1 aromatic heterocycles. The first-order valence-corrected chi connectivity index (χ1v) is 12.7. The van der Waals surface area contributed by atoms with Crippen molar-refractivity contribution in [2.45, 2.75) is 44.1 Å². The highest BCUT2D eigenvalue weighted by Crippen LogP contribution is 2.47. The number of aliphatic hydroxyl groups is 1. The largest absolute Gasteiger partial charge is 0.457 e. The number of fused-ring (bicyclic) bond motifs is 4. The summed E-state index contributed by atoms with van der Waals surface area (Å²) in [6.07, 6.45) is -0.305. The molecule has 2 aliphatic heterocycles. The van der Waals surface area contributed by atoms with Crippen LogP contribution in [0.15, 0.2) is 76.4 Å². The molecule has 0 bridgehead atoms. The molecule has 1 saturated heterocycles. The molecule has 1 amide bonds. The van der Waals surface area contributed by atoms with Gasteiger partial charge in [-0.15, -0.1) is 0 Å². The lowest BCUT2D eigenvalue weighted by Gasteiger charge is -2.29. The fraction of sp³-hybridized carbons (Fsp3) is 0.276. The zero-order valence-electron chi connectivity index (χ0n) is 20.7. The number of hydrogen-bond donors (Lipinski definition) is 3. The van der Waals surface area contributed by atoms with Gasteiger partial charge in [-0.1, -0.05) is 55.5 Å². The van der Waals surface area contributed by atoms with Gasteiger partial charge in [0.15, 0.2) is 0 Å². The highest BCUT2D eigenvalue weighted by Gasteiger charge is 2.38. The second kappa shape index (κ2) is 9.59. The molecule has 3 heterocycles. The Bertz CT molecular complexity index is 1660. The third-order valence-electron chi connectivity index (χ3n) is 7.35. The molecule has 194 valence electrons. The Morgan fingerprint density at radius 2 is 1.87 bits per heavy atom. The average Bonchev–Trinajstić information content (AvgIpc) is 3.30. The molecule has 0 spiro atoms. The van der Waals surface area contributed by atoms with Crippen molar-refractivity contribution in [1.82, 2.24) is 14.9 Å². The summed E-state index contributed by atoms with van der Waals surface area (Å²) in [5.74, 6) is 0.386. The molecule has 1 unspecified atom stereocenters. The van der Waals surface area contributed by atoms with Crippen LogP contribution in [0.2, 0.25) is 0 Å². The number of amides is 1. The molecule has 3 N–H and O–H groups in total. The van der Waals surface area contributed by atoms with Gasteiger partial charge in [0.25, 0.3) is 5.56 Å². The summed E-state index contributed by atoms with van der Waals surface area (Å²) >= 11 is 0. The molecule has 6 rings (SSSR count). The fourth-order valence-electron chi connectivity index (χ4n) is 5.39. The highest BCUT2D eigenvalue weighted by molar-refractivity contribution is 5.98. The number of carbonyl (C=O) groups excluding carboxylic acids is 1. The number of para-hydroxylation sites is 1. The third-order valence-corrected chi connectivity index (χ3v) is 7.35. The second-order valence-electron chi connectivity index (χ2n) is 9.62. The van der Waals surface area contributed by atoms with Crippen molar-refractivity contribution in [1.29, 1.82) is 0 Å². The average molecular weight is 514 g/mol. The number of benzene rings is 3. The van der Waals surface area contributed by atoms with Crippen LogP contribution >= 0.6 is 0 Å². The molecule has 0 radical (unpaired) electrons. The van der Waals surface area contributed by atoms with E-state index in [1.54, 1.807) is 0 Å². The number of rotatable bonds is 5. The number of aromatic nitrogens is 2. The molecule has 0 aliphatic carbocycles. The topological polar surface area (TPSA) is 123 Å². The van der Waals surface area contributed by atoms with E-state index < -0.39 is 35.6 Å². The van der Waals surface area contributed by atoms with Crippen LogP contribution in [0, 0.1) is 0 Å². The Hall–Kier alpha value is -4.21. The Balaban J connectivity index is 1.26. The molecule has 0 saturated carbocycles. The van der Waals surface area contributed by atoms with Gasteiger partial charge in [0.05, 0.1) is 12.0 Å². The molecule has 1 fully saturated rings. The minimum atomic E-state index is -0.903. The second-order valence-corrected chi connectivity index (χ2v) is 9.62. The normalized spacial score (nSPS) is 21.9. The predicted molar refractivity (Wildman–Crippen MR) is 141 cm³/mol. The van der Waals surface area contributed by atoms with Gasteiger partial charge in [-0.3, -0.25) is 19.1 Å². The van der Waals surface area contributed by atoms with E-state index in [9.17, 15) is 19.5 Å². The van der Waals surface area contributed by atoms with Crippen LogP contribution in [0.1, 0.15) is 42.2 Å². The maximum absolute atomic E-state index is 13.8. The zero-order chi connectivity index (χ0) is 26.4. The molecular formula is C29H27N3O6. The van der Waals surface area contributed by atoms with Crippen LogP contribution in [0.5, 0.6) is 11.5 Å². The summed E-state index contributed by atoms with van der Waals surface area (Å²) in [5.41, 5.74) is 0.962. The molecule has 38 heavy (non-hydrogen) atoms. The van der Waals surface area contributed by atoms with Crippen LogP contribution in [0.25, 0.3) is 10.8 Å². The number of aryl methyl sites for hydroxylation is 1. The summed E-state index contributed by atoms with van der Waals surface area (Å²) in [6, 6.07) is 19.2. The summed E-state index contributed by atoms with van der Waals surface area (Å²) in [4.78, 5) is 40.4. The van der Waals surface area contributed by atoms with Crippen molar-refractivity contribution < 1.29 is 19.4 Å². The first-order valence-electron chi connectivity index (χ1n) is 12.7. The lowest BCUT2D eigenvalue weighted by atomic mass is 9.84. The van der Waals surface area contributed by atoms with Crippen LogP contribution in [-0.2, 0) is 16.0 Å². The Labute approximate surface area is 217 Å². The predicted octanol–water partition coefficient (Wildman–Crippen LogP) is 2.95. The van der Waals surface area contributed by atoms with Crippen LogP contribution < -0.4 is 21.3 Å². The molecule has 9 nitrogen and oxygen atoms in total.